The second-order valence-corrected chi connectivity index (χ2v) is 4.96. The van der Waals surface area contributed by atoms with Crippen LogP contribution in [0.4, 0.5) is 0 Å². The molecule has 1 aromatic rings. The zero-order chi connectivity index (χ0) is 14.2. The van der Waals surface area contributed by atoms with Crippen molar-refractivity contribution in [3.05, 3.63) is 47.5 Å². The number of nitrogens with one attached hydrogen (secondary N) is 2. The minimum atomic E-state index is 0. The largest absolute Gasteiger partial charge is 0.380 e. The van der Waals surface area contributed by atoms with Crippen LogP contribution in [0.2, 0.25) is 0 Å². The van der Waals surface area contributed by atoms with Crippen molar-refractivity contribution in [3.63, 3.8) is 0 Å². The SMILES string of the molecule is CN=C(NCc1ccc(COC)cc1)NC1CC=CC1.I. The molecule has 0 aromatic heterocycles. The molecule has 116 valence electrons. The van der Waals surface area contributed by atoms with Crippen LogP contribution in [0.25, 0.3) is 0 Å². The molecule has 0 atom stereocenters. The summed E-state index contributed by atoms with van der Waals surface area (Å²) in [6.07, 6.45) is 6.57. The van der Waals surface area contributed by atoms with Gasteiger partial charge in [-0.25, -0.2) is 0 Å². The Morgan fingerprint density at radius 2 is 1.81 bits per heavy atom. The minimum absolute atomic E-state index is 0. The highest BCUT2D eigenvalue weighted by Gasteiger charge is 2.11. The molecular formula is C16H24IN3O. The molecule has 0 spiro atoms. The van der Waals surface area contributed by atoms with E-state index in [1.54, 1.807) is 14.2 Å². The van der Waals surface area contributed by atoms with Crippen LogP contribution >= 0.6 is 24.0 Å². The lowest BCUT2D eigenvalue weighted by molar-refractivity contribution is 0.185. The van der Waals surface area contributed by atoms with Gasteiger partial charge in [-0.15, -0.1) is 24.0 Å². The fourth-order valence-electron chi connectivity index (χ4n) is 2.23. The molecule has 0 saturated heterocycles. The molecule has 4 nitrogen and oxygen atoms in total. The van der Waals surface area contributed by atoms with E-state index < -0.39 is 0 Å². The Morgan fingerprint density at radius 1 is 1.19 bits per heavy atom. The van der Waals surface area contributed by atoms with E-state index in [9.17, 15) is 0 Å². The van der Waals surface area contributed by atoms with Gasteiger partial charge in [0, 0.05) is 26.7 Å². The monoisotopic (exact) mass is 401 g/mol. The fourth-order valence-corrected chi connectivity index (χ4v) is 2.23. The summed E-state index contributed by atoms with van der Waals surface area (Å²) >= 11 is 0. The number of ether oxygens (including phenoxy) is 1. The first kappa shape index (κ1) is 18.0. The number of methoxy groups -OCH3 is 1. The van der Waals surface area contributed by atoms with Gasteiger partial charge in [0.25, 0.3) is 0 Å². The Hall–Kier alpha value is -1.08. The molecule has 0 aliphatic heterocycles. The molecule has 2 rings (SSSR count). The Labute approximate surface area is 144 Å². The summed E-state index contributed by atoms with van der Waals surface area (Å²) in [5.74, 6) is 0.861. The molecule has 0 heterocycles. The maximum atomic E-state index is 5.11. The van der Waals surface area contributed by atoms with Crippen LogP contribution in [0.1, 0.15) is 24.0 Å². The van der Waals surface area contributed by atoms with Crippen LogP contribution in [-0.4, -0.2) is 26.2 Å². The summed E-state index contributed by atoms with van der Waals surface area (Å²) < 4.78 is 5.11. The third-order valence-electron chi connectivity index (χ3n) is 3.37. The lowest BCUT2D eigenvalue weighted by Gasteiger charge is -2.17. The number of hydrogen-bond donors (Lipinski definition) is 2. The van der Waals surface area contributed by atoms with Crippen molar-refractivity contribution in [1.29, 1.82) is 0 Å². The molecule has 0 saturated carbocycles. The second-order valence-electron chi connectivity index (χ2n) is 4.96. The average molecular weight is 401 g/mol. The van der Waals surface area contributed by atoms with Crippen molar-refractivity contribution in [2.45, 2.75) is 32.0 Å². The molecule has 21 heavy (non-hydrogen) atoms. The van der Waals surface area contributed by atoms with Gasteiger partial charge in [-0.05, 0) is 24.0 Å². The number of aliphatic imine (C=N–C) groups is 1. The van der Waals surface area contributed by atoms with Crippen LogP contribution in [-0.2, 0) is 17.9 Å². The highest BCUT2D eigenvalue weighted by molar-refractivity contribution is 14.0. The molecular weight excluding hydrogens is 377 g/mol. The average Bonchev–Trinajstić information content (AvgIpc) is 2.98. The van der Waals surface area contributed by atoms with Gasteiger partial charge < -0.3 is 15.4 Å². The molecule has 2 N–H and O–H groups in total. The molecule has 1 aliphatic carbocycles. The third kappa shape index (κ3) is 6.05. The molecule has 1 aromatic carbocycles. The quantitative estimate of drug-likeness (QED) is 0.345. The summed E-state index contributed by atoms with van der Waals surface area (Å²) in [5.41, 5.74) is 2.42. The number of halogens is 1. The Kier molecular flexibility index (Phi) is 8.37. The standard InChI is InChI=1S/C16H23N3O.HI/c1-17-16(19-15-5-3-4-6-15)18-11-13-7-9-14(10-8-13)12-20-2;/h3-4,7-10,15H,5-6,11-12H2,1-2H3,(H2,17,18,19);1H. The van der Waals surface area contributed by atoms with E-state index in [2.05, 4.69) is 52.0 Å². The molecule has 0 unspecified atom stereocenters. The van der Waals surface area contributed by atoms with Crippen molar-refractivity contribution in [2.75, 3.05) is 14.2 Å². The first-order valence-electron chi connectivity index (χ1n) is 7.00. The molecule has 1 aliphatic rings. The number of hydrogen-bond acceptors (Lipinski definition) is 2. The normalized spacial score (nSPS) is 14.9. The van der Waals surface area contributed by atoms with Crippen molar-refractivity contribution < 1.29 is 4.74 Å². The van der Waals surface area contributed by atoms with Gasteiger partial charge in [-0.1, -0.05) is 36.4 Å². The first-order chi connectivity index (χ1) is 9.81. The van der Waals surface area contributed by atoms with Gasteiger partial charge in [0.2, 0.25) is 0 Å². The summed E-state index contributed by atoms with van der Waals surface area (Å²) in [7, 11) is 3.52. The van der Waals surface area contributed by atoms with Gasteiger partial charge in [0.1, 0.15) is 0 Å². The van der Waals surface area contributed by atoms with E-state index in [4.69, 9.17) is 4.74 Å². The van der Waals surface area contributed by atoms with Gasteiger partial charge in [-0.2, -0.15) is 0 Å². The van der Waals surface area contributed by atoms with Crippen molar-refractivity contribution in [1.82, 2.24) is 10.6 Å². The van der Waals surface area contributed by atoms with E-state index in [1.165, 1.54) is 11.1 Å². The smallest absolute Gasteiger partial charge is 0.191 e. The topological polar surface area (TPSA) is 45.7 Å². The summed E-state index contributed by atoms with van der Waals surface area (Å²) in [6, 6.07) is 8.90. The highest BCUT2D eigenvalue weighted by Crippen LogP contribution is 2.09. The Balaban J connectivity index is 0.00000220. The molecule has 5 heteroatoms. The molecule has 0 radical (unpaired) electrons. The third-order valence-corrected chi connectivity index (χ3v) is 3.37. The maximum absolute atomic E-state index is 5.11. The summed E-state index contributed by atoms with van der Waals surface area (Å²) in [6.45, 7) is 1.43. The minimum Gasteiger partial charge on any atom is -0.380 e. The van der Waals surface area contributed by atoms with Gasteiger partial charge in [0.05, 0.1) is 6.61 Å². The molecule has 0 bridgehead atoms. The van der Waals surface area contributed by atoms with Crippen LogP contribution in [0.5, 0.6) is 0 Å². The first-order valence-corrected chi connectivity index (χ1v) is 7.00. The van der Waals surface area contributed by atoms with Gasteiger partial charge in [0.15, 0.2) is 5.96 Å². The number of rotatable bonds is 5. The predicted octanol–water partition coefficient (Wildman–Crippen LogP) is 2.83. The zero-order valence-electron chi connectivity index (χ0n) is 12.6. The molecule has 0 amide bonds. The number of guanidine groups is 1. The summed E-state index contributed by atoms with van der Waals surface area (Å²) in [4.78, 5) is 4.26. The van der Waals surface area contributed by atoms with Crippen LogP contribution in [0.3, 0.4) is 0 Å². The van der Waals surface area contributed by atoms with E-state index >= 15 is 0 Å². The van der Waals surface area contributed by atoms with Crippen molar-refractivity contribution in [2.24, 2.45) is 4.99 Å². The number of benzene rings is 1. The van der Waals surface area contributed by atoms with Crippen LogP contribution < -0.4 is 10.6 Å². The predicted molar refractivity (Wildman–Crippen MR) is 98.1 cm³/mol. The highest BCUT2D eigenvalue weighted by atomic mass is 127. The second kappa shape index (κ2) is 9.78. The summed E-state index contributed by atoms with van der Waals surface area (Å²) in [5, 5.41) is 6.77. The zero-order valence-corrected chi connectivity index (χ0v) is 15.0. The Morgan fingerprint density at radius 3 is 2.38 bits per heavy atom. The Bertz CT molecular complexity index is 463. The lowest BCUT2D eigenvalue weighted by atomic mass is 10.1. The van der Waals surface area contributed by atoms with Crippen molar-refractivity contribution in [3.8, 4) is 0 Å². The van der Waals surface area contributed by atoms with E-state index in [0.29, 0.717) is 12.6 Å². The van der Waals surface area contributed by atoms with Crippen LogP contribution in [0, 0.1) is 0 Å². The van der Waals surface area contributed by atoms with Crippen molar-refractivity contribution >= 4 is 29.9 Å². The van der Waals surface area contributed by atoms with Gasteiger partial charge in [-0.3, -0.25) is 4.99 Å². The van der Waals surface area contributed by atoms with Crippen LogP contribution in [0.15, 0.2) is 41.4 Å². The lowest BCUT2D eigenvalue weighted by Crippen LogP contribution is -2.42. The number of nitrogens with zero attached hydrogens (tertiary/aromatic N) is 1. The van der Waals surface area contributed by atoms with Gasteiger partial charge >= 0.3 is 0 Å². The van der Waals surface area contributed by atoms with E-state index in [1.807, 2.05) is 0 Å². The van der Waals surface area contributed by atoms with E-state index in [-0.39, 0.29) is 24.0 Å². The maximum Gasteiger partial charge on any atom is 0.191 e. The molecule has 0 fully saturated rings. The fraction of sp³-hybridized carbons (Fsp3) is 0.438. The van der Waals surface area contributed by atoms with E-state index in [0.717, 1.165) is 25.3 Å².